The maximum absolute atomic E-state index is 12.8. The van der Waals surface area contributed by atoms with Gasteiger partial charge in [0.2, 0.25) is 0 Å². The predicted octanol–water partition coefficient (Wildman–Crippen LogP) is 2.54. The molecule has 1 aromatic carbocycles. The molecule has 0 aliphatic rings. The normalized spacial score (nSPS) is 10.3. The van der Waals surface area contributed by atoms with Crippen LogP contribution in [0.5, 0.6) is 0 Å². The third-order valence-corrected chi connectivity index (χ3v) is 2.10. The highest BCUT2D eigenvalue weighted by atomic mass is 19.2. The number of Topliss-reactive ketones (excluding diaryl/α,β-unsaturated/α-hetero) is 1. The Hall–Kier alpha value is -1.85. The topological polar surface area (TPSA) is 54.4 Å². The molecule has 0 radical (unpaired) electrons. The Labute approximate surface area is 94.9 Å². The summed E-state index contributed by atoms with van der Waals surface area (Å²) in [5, 5.41) is 8.34. The first-order valence-corrected chi connectivity index (χ1v) is 4.81. The number of carboxylic acids is 1. The monoisotopic (exact) mass is 246 g/mol. The zero-order valence-corrected chi connectivity index (χ0v) is 8.67. The predicted molar refractivity (Wildman–Crippen MR) is 52.1 cm³/mol. The summed E-state index contributed by atoms with van der Waals surface area (Å²) >= 11 is 0. The number of hydrogen-bond acceptors (Lipinski definition) is 2. The molecule has 0 fully saturated rings. The van der Waals surface area contributed by atoms with E-state index in [-0.39, 0.29) is 24.8 Å². The first-order valence-electron chi connectivity index (χ1n) is 4.81. The van der Waals surface area contributed by atoms with Crippen molar-refractivity contribution >= 4 is 11.8 Å². The molecule has 0 bridgehead atoms. The maximum Gasteiger partial charge on any atom is 0.303 e. The quantitative estimate of drug-likeness (QED) is 0.641. The van der Waals surface area contributed by atoms with Crippen LogP contribution in [0.15, 0.2) is 12.1 Å². The molecule has 92 valence electrons. The second-order valence-corrected chi connectivity index (χ2v) is 3.42. The number of hydrogen-bond donors (Lipinski definition) is 1. The van der Waals surface area contributed by atoms with E-state index in [1.165, 1.54) is 0 Å². The zero-order valence-electron chi connectivity index (χ0n) is 8.67. The Morgan fingerprint density at radius 3 is 2.06 bits per heavy atom. The summed E-state index contributed by atoms with van der Waals surface area (Å²) in [7, 11) is 0. The van der Waals surface area contributed by atoms with E-state index in [1.54, 1.807) is 0 Å². The highest BCUT2D eigenvalue weighted by Crippen LogP contribution is 2.15. The van der Waals surface area contributed by atoms with Crippen molar-refractivity contribution < 1.29 is 27.9 Å². The summed E-state index contributed by atoms with van der Waals surface area (Å²) in [6, 6.07) is 1.20. The number of carbonyl (C=O) groups excluding carboxylic acids is 1. The van der Waals surface area contributed by atoms with Crippen LogP contribution in [-0.2, 0) is 4.79 Å². The first-order chi connectivity index (χ1) is 7.91. The molecule has 0 aliphatic heterocycles. The third kappa shape index (κ3) is 3.58. The van der Waals surface area contributed by atoms with Crippen molar-refractivity contribution in [2.75, 3.05) is 0 Å². The molecule has 0 atom stereocenters. The highest BCUT2D eigenvalue weighted by Gasteiger charge is 2.15. The fourth-order valence-electron chi connectivity index (χ4n) is 1.26. The van der Waals surface area contributed by atoms with Crippen molar-refractivity contribution in [1.29, 1.82) is 0 Å². The molecular weight excluding hydrogens is 237 g/mol. The van der Waals surface area contributed by atoms with Crippen LogP contribution in [0.1, 0.15) is 29.6 Å². The van der Waals surface area contributed by atoms with E-state index >= 15 is 0 Å². The number of benzene rings is 1. The van der Waals surface area contributed by atoms with Crippen molar-refractivity contribution in [3.8, 4) is 0 Å². The molecule has 0 saturated carbocycles. The largest absolute Gasteiger partial charge is 0.481 e. The molecule has 0 aromatic heterocycles. The average Bonchev–Trinajstić information content (AvgIpc) is 2.24. The molecule has 0 spiro atoms. The van der Waals surface area contributed by atoms with Gasteiger partial charge in [-0.05, 0) is 18.6 Å². The third-order valence-electron chi connectivity index (χ3n) is 2.10. The number of carbonyl (C=O) groups is 2. The maximum atomic E-state index is 12.8. The number of ketones is 1. The first kappa shape index (κ1) is 13.2. The molecule has 1 N–H and O–H groups in total. The van der Waals surface area contributed by atoms with E-state index in [9.17, 15) is 22.8 Å². The van der Waals surface area contributed by atoms with Crippen molar-refractivity contribution in [2.45, 2.75) is 19.3 Å². The Bertz CT molecular complexity index is 434. The van der Waals surface area contributed by atoms with Crippen LogP contribution < -0.4 is 0 Å². The Balaban J connectivity index is 2.73. The van der Waals surface area contributed by atoms with Crippen LogP contribution >= 0.6 is 0 Å². The molecule has 0 heterocycles. The van der Waals surface area contributed by atoms with Crippen molar-refractivity contribution in [3.05, 3.63) is 35.1 Å². The van der Waals surface area contributed by atoms with Crippen molar-refractivity contribution in [2.24, 2.45) is 0 Å². The summed E-state index contributed by atoms with van der Waals surface area (Å²) in [5.74, 6) is -6.19. The van der Waals surface area contributed by atoms with Crippen LogP contribution in [0.2, 0.25) is 0 Å². The van der Waals surface area contributed by atoms with Gasteiger partial charge in [-0.15, -0.1) is 0 Å². The van der Waals surface area contributed by atoms with Gasteiger partial charge < -0.3 is 5.11 Å². The summed E-state index contributed by atoms with van der Waals surface area (Å²) in [5.41, 5.74) is -0.299. The van der Waals surface area contributed by atoms with Gasteiger partial charge in [-0.3, -0.25) is 9.59 Å². The van der Waals surface area contributed by atoms with Crippen LogP contribution in [0.4, 0.5) is 13.2 Å². The number of aliphatic carboxylic acids is 1. The number of carboxylic acid groups (broad SMARTS) is 1. The lowest BCUT2D eigenvalue weighted by atomic mass is 10.1. The zero-order chi connectivity index (χ0) is 13.0. The van der Waals surface area contributed by atoms with Crippen LogP contribution in [0.25, 0.3) is 0 Å². The van der Waals surface area contributed by atoms with Gasteiger partial charge in [-0.1, -0.05) is 0 Å². The van der Waals surface area contributed by atoms with E-state index in [4.69, 9.17) is 5.11 Å². The van der Waals surface area contributed by atoms with E-state index in [0.29, 0.717) is 12.1 Å². The molecule has 1 aromatic rings. The van der Waals surface area contributed by atoms with Gasteiger partial charge in [0.15, 0.2) is 23.2 Å². The summed E-state index contributed by atoms with van der Waals surface area (Å²) in [4.78, 5) is 21.6. The lowest BCUT2D eigenvalue weighted by molar-refractivity contribution is -0.137. The lowest BCUT2D eigenvalue weighted by Crippen LogP contribution is -2.04. The van der Waals surface area contributed by atoms with Gasteiger partial charge in [0.25, 0.3) is 0 Å². The van der Waals surface area contributed by atoms with E-state index in [0.717, 1.165) is 0 Å². The minimum absolute atomic E-state index is 0.0643. The molecule has 0 amide bonds. The number of halogens is 3. The van der Waals surface area contributed by atoms with Gasteiger partial charge >= 0.3 is 5.97 Å². The fourth-order valence-corrected chi connectivity index (χ4v) is 1.26. The SMILES string of the molecule is O=C(O)CCCC(=O)c1cc(F)c(F)c(F)c1. The Morgan fingerprint density at radius 2 is 1.59 bits per heavy atom. The molecule has 0 unspecified atom stereocenters. The smallest absolute Gasteiger partial charge is 0.303 e. The minimum Gasteiger partial charge on any atom is -0.481 e. The van der Waals surface area contributed by atoms with Gasteiger partial charge in [-0.2, -0.15) is 0 Å². The van der Waals surface area contributed by atoms with Crippen LogP contribution in [-0.4, -0.2) is 16.9 Å². The van der Waals surface area contributed by atoms with E-state index in [2.05, 4.69) is 0 Å². The molecule has 3 nitrogen and oxygen atoms in total. The minimum atomic E-state index is -1.63. The standard InChI is InChI=1S/C11H9F3O3/c12-7-4-6(5-8(13)11(7)14)9(15)2-1-3-10(16)17/h4-5H,1-3H2,(H,16,17). The van der Waals surface area contributed by atoms with E-state index < -0.39 is 29.2 Å². The fraction of sp³-hybridized carbons (Fsp3) is 0.273. The van der Waals surface area contributed by atoms with Gasteiger partial charge in [0.1, 0.15) is 0 Å². The second kappa shape index (κ2) is 5.47. The summed E-state index contributed by atoms with van der Waals surface area (Å²) in [6.45, 7) is 0. The molecule has 17 heavy (non-hydrogen) atoms. The molecule has 6 heteroatoms. The van der Waals surface area contributed by atoms with E-state index in [1.807, 2.05) is 0 Å². The van der Waals surface area contributed by atoms with Gasteiger partial charge in [0, 0.05) is 18.4 Å². The number of rotatable bonds is 5. The average molecular weight is 246 g/mol. The second-order valence-electron chi connectivity index (χ2n) is 3.42. The van der Waals surface area contributed by atoms with Crippen LogP contribution in [0, 0.1) is 17.5 Å². The molecular formula is C11H9F3O3. The van der Waals surface area contributed by atoms with Gasteiger partial charge in [-0.25, -0.2) is 13.2 Å². The Morgan fingerprint density at radius 1 is 1.06 bits per heavy atom. The van der Waals surface area contributed by atoms with Crippen molar-refractivity contribution in [3.63, 3.8) is 0 Å². The summed E-state index contributed by atoms with van der Waals surface area (Å²) in [6.07, 6.45) is -0.302. The molecule has 0 aliphatic carbocycles. The van der Waals surface area contributed by atoms with Gasteiger partial charge in [0.05, 0.1) is 0 Å². The lowest BCUT2D eigenvalue weighted by Gasteiger charge is -2.02. The van der Waals surface area contributed by atoms with Crippen molar-refractivity contribution in [1.82, 2.24) is 0 Å². The molecule has 1 rings (SSSR count). The summed E-state index contributed by atoms with van der Waals surface area (Å²) < 4.78 is 38.2. The molecule has 0 saturated heterocycles. The van der Waals surface area contributed by atoms with Crippen LogP contribution in [0.3, 0.4) is 0 Å². The highest BCUT2D eigenvalue weighted by molar-refractivity contribution is 5.96. The Kier molecular flexibility index (Phi) is 4.25.